The molecule has 2 nitrogen and oxygen atoms in total. The van der Waals surface area contributed by atoms with Crippen molar-refractivity contribution in [2.75, 3.05) is 5.73 Å². The van der Waals surface area contributed by atoms with E-state index in [1.807, 2.05) is 17.5 Å². The number of nitrogens with two attached hydrogens (primary N) is 1. The van der Waals surface area contributed by atoms with Crippen molar-refractivity contribution in [1.29, 1.82) is 5.26 Å². The number of rotatable bonds is 1. The highest BCUT2D eigenvalue weighted by Crippen LogP contribution is 2.36. The lowest BCUT2D eigenvalue weighted by molar-refractivity contribution is 1.29. The molecule has 0 aliphatic carbocycles. The number of nitrogen functional groups attached to an aromatic ring is 1. The van der Waals surface area contributed by atoms with Crippen molar-refractivity contribution in [2.45, 2.75) is 6.42 Å². The molecule has 0 radical (unpaired) electrons. The Morgan fingerprint density at radius 1 is 1.50 bits per heavy atom. The van der Waals surface area contributed by atoms with Crippen LogP contribution in [-0.2, 0) is 6.42 Å². The standard InChI is InChI=1S/C10H7BrN2S/c11-7-2-1-6(3-4-12)10-9(7)8(13)5-14-10/h1-2,5H,3,13H2. The molecule has 0 atom stereocenters. The van der Waals surface area contributed by atoms with Gasteiger partial charge >= 0.3 is 0 Å². The zero-order valence-corrected chi connectivity index (χ0v) is 9.65. The lowest BCUT2D eigenvalue weighted by Gasteiger charge is -2.00. The molecule has 2 N–H and O–H groups in total. The van der Waals surface area contributed by atoms with Gasteiger partial charge in [0.15, 0.2) is 0 Å². The summed E-state index contributed by atoms with van der Waals surface area (Å²) in [6.07, 6.45) is 0.434. The van der Waals surface area contributed by atoms with Crippen molar-refractivity contribution in [3.05, 3.63) is 27.5 Å². The third kappa shape index (κ3) is 1.39. The van der Waals surface area contributed by atoms with Gasteiger partial charge in [-0.1, -0.05) is 22.0 Å². The highest BCUT2D eigenvalue weighted by molar-refractivity contribution is 9.10. The van der Waals surface area contributed by atoms with E-state index < -0.39 is 0 Å². The molecule has 0 amide bonds. The molecular formula is C10H7BrN2S. The van der Waals surface area contributed by atoms with E-state index in [2.05, 4.69) is 22.0 Å². The topological polar surface area (TPSA) is 49.8 Å². The molecule has 0 fully saturated rings. The van der Waals surface area contributed by atoms with E-state index in [-0.39, 0.29) is 0 Å². The Kier molecular flexibility index (Phi) is 2.44. The normalized spacial score (nSPS) is 10.3. The summed E-state index contributed by atoms with van der Waals surface area (Å²) in [5.41, 5.74) is 7.66. The second kappa shape index (κ2) is 3.60. The fraction of sp³-hybridized carbons (Fsp3) is 0.100. The van der Waals surface area contributed by atoms with E-state index in [1.54, 1.807) is 11.3 Å². The van der Waals surface area contributed by atoms with Gasteiger partial charge in [-0.15, -0.1) is 11.3 Å². The van der Waals surface area contributed by atoms with Crippen LogP contribution in [0, 0.1) is 11.3 Å². The lowest BCUT2D eigenvalue weighted by atomic mass is 10.1. The molecule has 0 aliphatic rings. The van der Waals surface area contributed by atoms with Crippen molar-refractivity contribution in [3.8, 4) is 6.07 Å². The number of hydrogen-bond donors (Lipinski definition) is 1. The predicted octanol–water partition coefficient (Wildman–Crippen LogP) is 3.31. The van der Waals surface area contributed by atoms with Crippen molar-refractivity contribution >= 4 is 43.0 Å². The van der Waals surface area contributed by atoms with Crippen LogP contribution in [0.4, 0.5) is 5.69 Å². The van der Waals surface area contributed by atoms with Gasteiger partial charge in [0.05, 0.1) is 18.2 Å². The molecule has 1 aromatic carbocycles. The molecule has 14 heavy (non-hydrogen) atoms. The number of benzene rings is 1. The van der Waals surface area contributed by atoms with E-state index in [1.165, 1.54) is 0 Å². The summed E-state index contributed by atoms with van der Waals surface area (Å²) in [5.74, 6) is 0. The molecule has 0 saturated heterocycles. The molecule has 1 aromatic heterocycles. The second-order valence-electron chi connectivity index (χ2n) is 2.94. The lowest BCUT2D eigenvalue weighted by Crippen LogP contribution is -1.85. The molecule has 2 rings (SSSR count). The van der Waals surface area contributed by atoms with Crippen LogP contribution in [0.5, 0.6) is 0 Å². The van der Waals surface area contributed by atoms with E-state index in [9.17, 15) is 0 Å². The van der Waals surface area contributed by atoms with Crippen LogP contribution >= 0.6 is 27.3 Å². The third-order valence-corrected chi connectivity index (χ3v) is 3.78. The number of anilines is 1. The maximum absolute atomic E-state index is 8.67. The van der Waals surface area contributed by atoms with Crippen LogP contribution in [0.25, 0.3) is 10.1 Å². The highest BCUT2D eigenvalue weighted by atomic mass is 79.9. The minimum atomic E-state index is 0.434. The zero-order chi connectivity index (χ0) is 10.1. The van der Waals surface area contributed by atoms with Gasteiger partial charge in [-0.2, -0.15) is 5.26 Å². The summed E-state index contributed by atoms with van der Waals surface area (Å²) in [5, 5.41) is 11.6. The number of thiophene rings is 1. The van der Waals surface area contributed by atoms with Gasteiger partial charge in [-0.3, -0.25) is 0 Å². The Hall–Kier alpha value is -1.05. The average Bonchev–Trinajstić information content (AvgIpc) is 2.54. The van der Waals surface area contributed by atoms with Crippen molar-refractivity contribution in [3.63, 3.8) is 0 Å². The van der Waals surface area contributed by atoms with Crippen molar-refractivity contribution in [1.82, 2.24) is 0 Å². The first-order chi connectivity index (χ1) is 6.74. The fourth-order valence-corrected chi connectivity index (χ4v) is 3.10. The molecule has 2 aromatic rings. The third-order valence-electron chi connectivity index (χ3n) is 2.05. The highest BCUT2D eigenvalue weighted by Gasteiger charge is 2.08. The summed E-state index contributed by atoms with van der Waals surface area (Å²) in [4.78, 5) is 0. The zero-order valence-electron chi connectivity index (χ0n) is 7.25. The quantitative estimate of drug-likeness (QED) is 0.861. The van der Waals surface area contributed by atoms with Crippen LogP contribution in [0.1, 0.15) is 5.56 Å². The molecule has 4 heteroatoms. The van der Waals surface area contributed by atoms with E-state index >= 15 is 0 Å². The Morgan fingerprint density at radius 2 is 2.29 bits per heavy atom. The molecule has 0 bridgehead atoms. The number of nitrogens with zero attached hydrogens (tertiary/aromatic N) is 1. The summed E-state index contributed by atoms with van der Waals surface area (Å²) < 4.78 is 2.10. The first kappa shape index (κ1) is 9.50. The molecule has 0 spiro atoms. The van der Waals surface area contributed by atoms with Crippen molar-refractivity contribution < 1.29 is 0 Å². The first-order valence-corrected chi connectivity index (χ1v) is 5.72. The number of nitriles is 1. The van der Waals surface area contributed by atoms with E-state index in [0.29, 0.717) is 6.42 Å². The Morgan fingerprint density at radius 3 is 3.00 bits per heavy atom. The largest absolute Gasteiger partial charge is 0.398 e. The molecule has 1 heterocycles. The minimum absolute atomic E-state index is 0.434. The van der Waals surface area contributed by atoms with Gasteiger partial charge in [-0.25, -0.2) is 0 Å². The van der Waals surface area contributed by atoms with Gasteiger partial charge < -0.3 is 5.73 Å². The summed E-state index contributed by atoms with van der Waals surface area (Å²) in [6, 6.07) is 6.06. The van der Waals surface area contributed by atoms with E-state index in [4.69, 9.17) is 11.0 Å². The summed E-state index contributed by atoms with van der Waals surface area (Å²) in [6.45, 7) is 0. The molecule has 0 unspecified atom stereocenters. The predicted molar refractivity (Wildman–Crippen MR) is 63.3 cm³/mol. The summed E-state index contributed by atoms with van der Waals surface area (Å²) in [7, 11) is 0. The molecule has 0 aliphatic heterocycles. The number of halogens is 1. The minimum Gasteiger partial charge on any atom is -0.398 e. The monoisotopic (exact) mass is 266 g/mol. The summed E-state index contributed by atoms with van der Waals surface area (Å²) >= 11 is 5.04. The average molecular weight is 267 g/mol. The Bertz CT molecular complexity index is 525. The van der Waals surface area contributed by atoms with E-state index in [0.717, 1.165) is 25.8 Å². The van der Waals surface area contributed by atoms with Crippen LogP contribution < -0.4 is 5.73 Å². The second-order valence-corrected chi connectivity index (χ2v) is 4.67. The van der Waals surface area contributed by atoms with Gasteiger partial charge in [0.2, 0.25) is 0 Å². The van der Waals surface area contributed by atoms with Crippen LogP contribution in [0.15, 0.2) is 22.0 Å². The van der Waals surface area contributed by atoms with Gasteiger partial charge in [0.1, 0.15) is 0 Å². The molecule has 70 valence electrons. The molecule has 0 saturated carbocycles. The van der Waals surface area contributed by atoms with Crippen LogP contribution in [-0.4, -0.2) is 0 Å². The van der Waals surface area contributed by atoms with Gasteiger partial charge in [0.25, 0.3) is 0 Å². The number of fused-ring (bicyclic) bond motifs is 1. The Balaban J connectivity index is 2.78. The van der Waals surface area contributed by atoms with Crippen LogP contribution in [0.3, 0.4) is 0 Å². The smallest absolute Gasteiger partial charge is 0.0670 e. The number of hydrogen-bond acceptors (Lipinski definition) is 3. The maximum Gasteiger partial charge on any atom is 0.0670 e. The SMILES string of the molecule is N#CCc1ccc(Br)c2c(N)csc12. The fourth-order valence-electron chi connectivity index (χ4n) is 1.41. The van der Waals surface area contributed by atoms with Crippen molar-refractivity contribution in [2.24, 2.45) is 0 Å². The maximum atomic E-state index is 8.67. The van der Waals surface area contributed by atoms with Crippen LogP contribution in [0.2, 0.25) is 0 Å². The Labute approximate surface area is 94.1 Å². The molecular weight excluding hydrogens is 260 g/mol. The van der Waals surface area contributed by atoms with Gasteiger partial charge in [0, 0.05) is 19.9 Å². The first-order valence-electron chi connectivity index (χ1n) is 4.05. The van der Waals surface area contributed by atoms with Gasteiger partial charge in [-0.05, 0) is 11.6 Å².